The molecule has 1 aromatic rings. The van der Waals surface area contributed by atoms with Crippen LogP contribution in [0.3, 0.4) is 0 Å². The molecule has 1 aliphatic carbocycles. The van der Waals surface area contributed by atoms with E-state index >= 15 is 0 Å². The molecule has 0 saturated carbocycles. The Labute approximate surface area is 116 Å². The normalized spacial score (nSPS) is 18.1. The van der Waals surface area contributed by atoms with Crippen LogP contribution in [-0.4, -0.2) is 17.0 Å². The molecule has 6 heteroatoms. The van der Waals surface area contributed by atoms with Crippen molar-refractivity contribution in [1.82, 2.24) is 5.43 Å². The van der Waals surface area contributed by atoms with Gasteiger partial charge in [-0.2, -0.15) is 5.10 Å². The number of nitro benzene ring substituents is 1. The summed E-state index contributed by atoms with van der Waals surface area (Å²) in [6.45, 7) is 0. The smallest absolute Gasteiger partial charge is 0.267 e. The number of hydrazone groups is 1. The second-order valence-electron chi connectivity index (χ2n) is 4.54. The van der Waals surface area contributed by atoms with Gasteiger partial charge in [-0.25, -0.2) is 5.43 Å². The van der Waals surface area contributed by atoms with Gasteiger partial charge in [0.15, 0.2) is 0 Å². The summed E-state index contributed by atoms with van der Waals surface area (Å²) in [7, 11) is 0. The Bertz CT molecular complexity index is 567. The first-order valence-electron chi connectivity index (χ1n) is 6.40. The molecule has 0 aliphatic heterocycles. The molecule has 6 nitrogen and oxygen atoms in total. The van der Waals surface area contributed by atoms with Gasteiger partial charge in [0, 0.05) is 12.3 Å². The van der Waals surface area contributed by atoms with Crippen molar-refractivity contribution >= 4 is 17.8 Å². The maximum absolute atomic E-state index is 11.9. The Morgan fingerprint density at radius 3 is 2.90 bits per heavy atom. The van der Waals surface area contributed by atoms with Crippen molar-refractivity contribution in [2.75, 3.05) is 0 Å². The Morgan fingerprint density at radius 2 is 2.20 bits per heavy atom. The number of amides is 1. The number of nitro groups is 1. The second-order valence-corrected chi connectivity index (χ2v) is 4.54. The quantitative estimate of drug-likeness (QED) is 0.396. The summed E-state index contributed by atoms with van der Waals surface area (Å²) in [4.78, 5) is 22.1. The Kier molecular flexibility index (Phi) is 4.60. The number of nitrogens with zero attached hydrogens (tertiary/aromatic N) is 2. The first-order chi connectivity index (χ1) is 9.68. The van der Waals surface area contributed by atoms with E-state index in [0.717, 1.165) is 19.3 Å². The maximum atomic E-state index is 11.9. The van der Waals surface area contributed by atoms with Crippen LogP contribution >= 0.6 is 0 Å². The fraction of sp³-hybridized carbons (Fsp3) is 0.286. The Morgan fingerprint density at radius 1 is 1.40 bits per heavy atom. The van der Waals surface area contributed by atoms with Crippen molar-refractivity contribution in [2.24, 2.45) is 11.0 Å². The molecule has 1 atom stereocenters. The van der Waals surface area contributed by atoms with E-state index in [4.69, 9.17) is 0 Å². The molecule has 0 spiro atoms. The highest BCUT2D eigenvalue weighted by Gasteiger charge is 2.18. The van der Waals surface area contributed by atoms with E-state index in [0.29, 0.717) is 5.92 Å². The summed E-state index contributed by atoms with van der Waals surface area (Å²) in [6.07, 6.45) is 8.82. The number of allylic oxidation sites excluding steroid dienone is 2. The molecular formula is C14H15N3O3. The van der Waals surface area contributed by atoms with E-state index in [9.17, 15) is 14.9 Å². The van der Waals surface area contributed by atoms with Crippen molar-refractivity contribution < 1.29 is 9.72 Å². The van der Waals surface area contributed by atoms with Crippen LogP contribution in [0, 0.1) is 16.0 Å². The Balaban J connectivity index is 2.00. The molecule has 104 valence electrons. The highest BCUT2D eigenvalue weighted by atomic mass is 16.6. The third kappa shape index (κ3) is 3.50. The number of para-hydroxylation sites is 1. The molecule has 0 saturated heterocycles. The summed E-state index contributed by atoms with van der Waals surface area (Å²) in [5.41, 5.74) is 2.13. The fourth-order valence-corrected chi connectivity index (χ4v) is 2.04. The van der Waals surface area contributed by atoms with Crippen LogP contribution in [0.4, 0.5) is 5.69 Å². The largest absolute Gasteiger partial charge is 0.282 e. The van der Waals surface area contributed by atoms with Gasteiger partial charge in [0.2, 0.25) is 0 Å². The molecule has 1 aromatic carbocycles. The molecule has 0 heterocycles. The van der Waals surface area contributed by atoms with Gasteiger partial charge in [-0.15, -0.1) is 0 Å². The number of rotatable bonds is 4. The van der Waals surface area contributed by atoms with E-state index in [1.807, 2.05) is 0 Å². The van der Waals surface area contributed by atoms with Crippen LogP contribution in [0.25, 0.3) is 0 Å². The van der Waals surface area contributed by atoms with Crippen molar-refractivity contribution in [1.29, 1.82) is 0 Å². The summed E-state index contributed by atoms with van der Waals surface area (Å²) < 4.78 is 0. The first-order valence-corrected chi connectivity index (χ1v) is 6.40. The highest BCUT2D eigenvalue weighted by Crippen LogP contribution is 2.18. The van der Waals surface area contributed by atoms with Crippen LogP contribution in [0.2, 0.25) is 0 Å². The van der Waals surface area contributed by atoms with Crippen molar-refractivity contribution in [3.05, 3.63) is 52.1 Å². The van der Waals surface area contributed by atoms with Crippen LogP contribution in [-0.2, 0) is 0 Å². The van der Waals surface area contributed by atoms with Crippen LogP contribution in [0.15, 0.2) is 41.5 Å². The van der Waals surface area contributed by atoms with Crippen molar-refractivity contribution in [3.63, 3.8) is 0 Å². The van der Waals surface area contributed by atoms with Crippen molar-refractivity contribution in [2.45, 2.75) is 19.3 Å². The van der Waals surface area contributed by atoms with Crippen LogP contribution < -0.4 is 5.43 Å². The SMILES string of the molecule is O=C(N/N=C/C1CC=CCC1)c1ccccc1[N+](=O)[O-]. The number of hydrogen-bond acceptors (Lipinski definition) is 4. The lowest BCUT2D eigenvalue weighted by Crippen LogP contribution is -2.20. The predicted octanol–water partition coefficient (Wildman–Crippen LogP) is 2.67. The number of carbonyl (C=O) groups is 1. The maximum Gasteiger partial charge on any atom is 0.282 e. The number of carbonyl (C=O) groups excluding carboxylic acids is 1. The van der Waals surface area contributed by atoms with E-state index in [1.54, 1.807) is 12.3 Å². The first kappa shape index (κ1) is 13.9. The predicted molar refractivity (Wildman–Crippen MR) is 75.5 cm³/mol. The zero-order valence-corrected chi connectivity index (χ0v) is 10.9. The molecule has 1 amide bonds. The van der Waals surface area contributed by atoms with Gasteiger partial charge in [0.1, 0.15) is 5.56 Å². The standard InChI is InChI=1S/C14H15N3O3/c18-14(12-8-4-5-9-13(12)17(19)20)16-15-10-11-6-2-1-3-7-11/h1-2,4-5,8-11H,3,6-7H2,(H,16,18)/b15-10+. The average Bonchev–Trinajstić information content (AvgIpc) is 2.48. The summed E-state index contributed by atoms with van der Waals surface area (Å²) in [5, 5.41) is 14.7. The third-order valence-corrected chi connectivity index (χ3v) is 3.11. The van der Waals surface area contributed by atoms with Gasteiger partial charge in [-0.3, -0.25) is 14.9 Å². The Hall–Kier alpha value is -2.50. The lowest BCUT2D eigenvalue weighted by molar-refractivity contribution is -0.385. The van der Waals surface area contributed by atoms with Gasteiger partial charge in [0.05, 0.1) is 4.92 Å². The van der Waals surface area contributed by atoms with Crippen LogP contribution in [0.5, 0.6) is 0 Å². The van der Waals surface area contributed by atoms with Crippen LogP contribution in [0.1, 0.15) is 29.6 Å². The van der Waals surface area contributed by atoms with Gasteiger partial charge in [0.25, 0.3) is 11.6 Å². The molecule has 1 unspecified atom stereocenters. The molecule has 0 bridgehead atoms. The number of nitrogens with one attached hydrogen (secondary N) is 1. The van der Waals surface area contributed by atoms with E-state index in [2.05, 4.69) is 22.7 Å². The molecule has 0 fully saturated rings. The molecule has 2 rings (SSSR count). The average molecular weight is 273 g/mol. The second kappa shape index (κ2) is 6.60. The topological polar surface area (TPSA) is 84.6 Å². The van der Waals surface area contributed by atoms with E-state index < -0.39 is 10.8 Å². The fourth-order valence-electron chi connectivity index (χ4n) is 2.04. The summed E-state index contributed by atoms with van der Waals surface area (Å²) in [5.74, 6) is -0.258. The van der Waals surface area contributed by atoms with Crippen molar-refractivity contribution in [3.8, 4) is 0 Å². The molecule has 0 aromatic heterocycles. The minimum absolute atomic E-state index is 0.0122. The molecule has 1 aliphatic rings. The van der Waals surface area contributed by atoms with E-state index in [1.165, 1.54) is 18.2 Å². The molecule has 1 N–H and O–H groups in total. The summed E-state index contributed by atoms with van der Waals surface area (Å²) in [6, 6.07) is 5.81. The third-order valence-electron chi connectivity index (χ3n) is 3.11. The molecule has 0 radical (unpaired) electrons. The molecular weight excluding hydrogens is 258 g/mol. The zero-order valence-electron chi connectivity index (χ0n) is 10.9. The molecule has 20 heavy (non-hydrogen) atoms. The highest BCUT2D eigenvalue weighted by molar-refractivity contribution is 5.98. The number of hydrogen-bond donors (Lipinski definition) is 1. The minimum atomic E-state index is -0.579. The van der Waals surface area contributed by atoms with Gasteiger partial charge >= 0.3 is 0 Å². The monoisotopic (exact) mass is 273 g/mol. The number of benzene rings is 1. The summed E-state index contributed by atoms with van der Waals surface area (Å²) >= 11 is 0. The lowest BCUT2D eigenvalue weighted by atomic mass is 9.96. The van der Waals surface area contributed by atoms with Gasteiger partial charge < -0.3 is 0 Å². The van der Waals surface area contributed by atoms with Gasteiger partial charge in [-0.1, -0.05) is 24.3 Å². The van der Waals surface area contributed by atoms with Gasteiger partial charge in [-0.05, 0) is 31.2 Å². The zero-order chi connectivity index (χ0) is 14.4. The van der Waals surface area contributed by atoms with E-state index in [-0.39, 0.29) is 11.3 Å². The lowest BCUT2D eigenvalue weighted by Gasteiger charge is -2.11. The minimum Gasteiger partial charge on any atom is -0.267 e.